The number of rotatable bonds is 7. The summed E-state index contributed by atoms with van der Waals surface area (Å²) < 4.78 is 11.2. The van der Waals surface area contributed by atoms with E-state index >= 15 is 0 Å². The van der Waals surface area contributed by atoms with E-state index < -0.39 is 0 Å². The number of nitrogens with zero attached hydrogens (tertiary/aromatic N) is 1. The standard InChI is InChI=1S/C22H22N2O3/c1-3-26-21-13-12-17-9-5-6-10-18(17)19(21)14-23-24-22(25)15-27-20-11-7-4-8-16(20)2/h4-14H,3,15H2,1-2H3,(H,24,25)/b23-14+. The predicted octanol–water partition coefficient (Wildman–Crippen LogP) is 4.08. The number of hydrazone groups is 1. The summed E-state index contributed by atoms with van der Waals surface area (Å²) in [5, 5.41) is 6.18. The molecule has 0 aliphatic heterocycles. The van der Waals surface area contributed by atoms with E-state index in [2.05, 4.69) is 10.5 Å². The van der Waals surface area contributed by atoms with Crippen molar-refractivity contribution in [3.05, 3.63) is 71.8 Å². The second-order valence-electron chi connectivity index (χ2n) is 5.98. The Bertz CT molecular complexity index is 967. The molecule has 1 N–H and O–H groups in total. The summed E-state index contributed by atoms with van der Waals surface area (Å²) in [7, 11) is 0. The van der Waals surface area contributed by atoms with Crippen LogP contribution in [0.5, 0.6) is 11.5 Å². The van der Waals surface area contributed by atoms with Gasteiger partial charge in [0.05, 0.1) is 12.8 Å². The Hall–Kier alpha value is -3.34. The van der Waals surface area contributed by atoms with Gasteiger partial charge in [-0.1, -0.05) is 48.5 Å². The number of amides is 1. The lowest BCUT2D eigenvalue weighted by atomic mass is 10.0. The number of carbonyl (C=O) groups is 1. The van der Waals surface area contributed by atoms with Crippen LogP contribution in [0.1, 0.15) is 18.1 Å². The van der Waals surface area contributed by atoms with Gasteiger partial charge in [0, 0.05) is 5.56 Å². The number of aryl methyl sites for hydroxylation is 1. The van der Waals surface area contributed by atoms with Crippen LogP contribution in [-0.4, -0.2) is 25.3 Å². The molecular weight excluding hydrogens is 340 g/mol. The number of fused-ring (bicyclic) bond motifs is 1. The molecule has 3 aromatic carbocycles. The molecule has 138 valence electrons. The van der Waals surface area contributed by atoms with Gasteiger partial charge in [-0.05, 0) is 42.3 Å². The first-order valence-corrected chi connectivity index (χ1v) is 8.84. The quantitative estimate of drug-likeness (QED) is 0.509. The topological polar surface area (TPSA) is 59.9 Å². The van der Waals surface area contributed by atoms with Gasteiger partial charge in [0.25, 0.3) is 5.91 Å². The maximum Gasteiger partial charge on any atom is 0.277 e. The summed E-state index contributed by atoms with van der Waals surface area (Å²) in [5.74, 6) is 1.09. The van der Waals surface area contributed by atoms with E-state index in [4.69, 9.17) is 9.47 Å². The van der Waals surface area contributed by atoms with Crippen molar-refractivity contribution in [1.82, 2.24) is 5.43 Å². The number of benzene rings is 3. The highest BCUT2D eigenvalue weighted by molar-refractivity contribution is 6.02. The largest absolute Gasteiger partial charge is 0.493 e. The lowest BCUT2D eigenvalue weighted by molar-refractivity contribution is -0.123. The van der Waals surface area contributed by atoms with E-state index in [1.54, 1.807) is 6.21 Å². The summed E-state index contributed by atoms with van der Waals surface area (Å²) in [4.78, 5) is 12.0. The third-order valence-corrected chi connectivity index (χ3v) is 4.07. The average Bonchev–Trinajstić information content (AvgIpc) is 2.69. The Morgan fingerprint density at radius 3 is 2.59 bits per heavy atom. The van der Waals surface area contributed by atoms with Gasteiger partial charge in [-0.3, -0.25) is 4.79 Å². The minimum atomic E-state index is -0.326. The van der Waals surface area contributed by atoms with Crippen LogP contribution in [0.4, 0.5) is 0 Å². The lowest BCUT2D eigenvalue weighted by Gasteiger charge is -2.10. The van der Waals surface area contributed by atoms with Gasteiger partial charge in [0.1, 0.15) is 11.5 Å². The van der Waals surface area contributed by atoms with Crippen molar-refractivity contribution in [2.75, 3.05) is 13.2 Å². The summed E-state index contributed by atoms with van der Waals surface area (Å²) in [5.41, 5.74) is 4.31. The highest BCUT2D eigenvalue weighted by Gasteiger charge is 2.07. The zero-order chi connectivity index (χ0) is 19.1. The molecule has 0 radical (unpaired) electrons. The van der Waals surface area contributed by atoms with Crippen molar-refractivity contribution in [2.24, 2.45) is 5.10 Å². The SMILES string of the molecule is CCOc1ccc2ccccc2c1/C=N/NC(=O)COc1ccccc1C. The van der Waals surface area contributed by atoms with E-state index in [9.17, 15) is 4.79 Å². The number of carbonyl (C=O) groups excluding carboxylic acids is 1. The first-order valence-electron chi connectivity index (χ1n) is 8.84. The Morgan fingerprint density at radius 2 is 1.78 bits per heavy atom. The third kappa shape index (κ3) is 4.64. The molecule has 1 amide bonds. The molecule has 0 aliphatic rings. The van der Waals surface area contributed by atoms with Crippen LogP contribution in [0.15, 0.2) is 65.8 Å². The molecule has 0 spiro atoms. The molecule has 27 heavy (non-hydrogen) atoms. The van der Waals surface area contributed by atoms with Crippen LogP contribution in [0.25, 0.3) is 10.8 Å². The lowest BCUT2D eigenvalue weighted by Crippen LogP contribution is -2.24. The van der Waals surface area contributed by atoms with E-state index in [-0.39, 0.29) is 12.5 Å². The van der Waals surface area contributed by atoms with Crippen LogP contribution in [0.2, 0.25) is 0 Å². The molecule has 5 heteroatoms. The van der Waals surface area contributed by atoms with Gasteiger partial charge in [-0.25, -0.2) is 5.43 Å². The Morgan fingerprint density at radius 1 is 1.00 bits per heavy atom. The minimum absolute atomic E-state index is 0.101. The molecule has 3 aromatic rings. The van der Waals surface area contributed by atoms with Crippen LogP contribution in [0.3, 0.4) is 0 Å². The zero-order valence-electron chi connectivity index (χ0n) is 15.4. The molecule has 0 heterocycles. The summed E-state index contributed by atoms with van der Waals surface area (Å²) >= 11 is 0. The maximum absolute atomic E-state index is 12.0. The molecule has 0 saturated carbocycles. The molecule has 0 fully saturated rings. The second-order valence-corrected chi connectivity index (χ2v) is 5.98. The molecule has 3 rings (SSSR count). The van der Waals surface area contributed by atoms with E-state index in [1.165, 1.54) is 0 Å². The molecule has 0 bridgehead atoms. The first kappa shape index (κ1) is 18.5. The molecule has 0 atom stereocenters. The van der Waals surface area contributed by atoms with Crippen LogP contribution < -0.4 is 14.9 Å². The minimum Gasteiger partial charge on any atom is -0.493 e. The highest BCUT2D eigenvalue weighted by atomic mass is 16.5. The number of ether oxygens (including phenoxy) is 2. The van der Waals surface area contributed by atoms with Crippen molar-refractivity contribution in [3.63, 3.8) is 0 Å². The Kier molecular flexibility index (Phi) is 6.05. The Labute approximate surface area is 158 Å². The number of nitrogens with one attached hydrogen (secondary N) is 1. The van der Waals surface area contributed by atoms with E-state index in [0.717, 1.165) is 27.6 Å². The van der Waals surface area contributed by atoms with Crippen LogP contribution in [0, 0.1) is 6.92 Å². The normalized spacial score (nSPS) is 10.9. The van der Waals surface area contributed by atoms with E-state index in [0.29, 0.717) is 12.4 Å². The fraction of sp³-hybridized carbons (Fsp3) is 0.182. The summed E-state index contributed by atoms with van der Waals surface area (Å²) in [6, 6.07) is 19.4. The zero-order valence-corrected chi connectivity index (χ0v) is 15.4. The molecule has 0 unspecified atom stereocenters. The number of hydrogen-bond acceptors (Lipinski definition) is 4. The van der Waals surface area contributed by atoms with Gasteiger partial charge in [-0.15, -0.1) is 0 Å². The van der Waals surface area contributed by atoms with Crippen molar-refractivity contribution in [1.29, 1.82) is 0 Å². The van der Waals surface area contributed by atoms with E-state index in [1.807, 2.05) is 74.5 Å². The Balaban J connectivity index is 1.69. The van der Waals surface area contributed by atoms with Gasteiger partial charge in [0.2, 0.25) is 0 Å². The van der Waals surface area contributed by atoms with Crippen molar-refractivity contribution in [3.8, 4) is 11.5 Å². The second kappa shape index (κ2) is 8.85. The first-order chi connectivity index (χ1) is 13.2. The number of para-hydroxylation sites is 1. The average molecular weight is 362 g/mol. The molecular formula is C22H22N2O3. The fourth-order valence-corrected chi connectivity index (χ4v) is 2.75. The van der Waals surface area contributed by atoms with Gasteiger partial charge < -0.3 is 9.47 Å². The van der Waals surface area contributed by atoms with Crippen LogP contribution >= 0.6 is 0 Å². The fourth-order valence-electron chi connectivity index (χ4n) is 2.75. The van der Waals surface area contributed by atoms with Gasteiger partial charge in [0.15, 0.2) is 6.61 Å². The summed E-state index contributed by atoms with van der Waals surface area (Å²) in [6.45, 7) is 4.31. The maximum atomic E-state index is 12.0. The predicted molar refractivity (Wildman–Crippen MR) is 108 cm³/mol. The molecule has 0 saturated heterocycles. The smallest absolute Gasteiger partial charge is 0.277 e. The highest BCUT2D eigenvalue weighted by Crippen LogP contribution is 2.26. The van der Waals surface area contributed by atoms with Crippen LogP contribution in [-0.2, 0) is 4.79 Å². The van der Waals surface area contributed by atoms with Gasteiger partial charge >= 0.3 is 0 Å². The van der Waals surface area contributed by atoms with Gasteiger partial charge in [-0.2, -0.15) is 5.10 Å². The monoisotopic (exact) mass is 362 g/mol. The summed E-state index contributed by atoms with van der Waals surface area (Å²) in [6.07, 6.45) is 1.61. The third-order valence-electron chi connectivity index (χ3n) is 4.07. The molecule has 0 aromatic heterocycles. The number of hydrogen-bond donors (Lipinski definition) is 1. The van der Waals surface area contributed by atoms with Crippen molar-refractivity contribution in [2.45, 2.75) is 13.8 Å². The van der Waals surface area contributed by atoms with Crippen molar-refractivity contribution >= 4 is 22.9 Å². The molecule has 0 aliphatic carbocycles. The van der Waals surface area contributed by atoms with Crippen molar-refractivity contribution < 1.29 is 14.3 Å². The molecule has 5 nitrogen and oxygen atoms in total.